The number of nitrogens with zero attached hydrogens (tertiary/aromatic N) is 4. The fraction of sp³-hybridized carbons (Fsp3) is 0.500. The van der Waals surface area contributed by atoms with Gasteiger partial charge in [0.05, 0.1) is 19.5 Å². The minimum atomic E-state index is 0.436. The summed E-state index contributed by atoms with van der Waals surface area (Å²) in [4.78, 5) is 11.1. The predicted molar refractivity (Wildman–Crippen MR) is 105 cm³/mol. The molecule has 6 heteroatoms. The Morgan fingerprint density at radius 2 is 2.15 bits per heavy atom. The highest BCUT2D eigenvalue weighted by atomic mass is 16.5. The summed E-state index contributed by atoms with van der Waals surface area (Å²) < 4.78 is 7.43. The summed E-state index contributed by atoms with van der Waals surface area (Å²) in [6, 6.07) is 8.67. The van der Waals surface area contributed by atoms with E-state index in [0.29, 0.717) is 12.0 Å². The lowest BCUT2D eigenvalue weighted by Crippen LogP contribution is -2.49. The van der Waals surface area contributed by atoms with Crippen molar-refractivity contribution in [1.29, 1.82) is 0 Å². The van der Waals surface area contributed by atoms with Gasteiger partial charge in [-0.25, -0.2) is 4.98 Å². The average molecular weight is 355 g/mol. The van der Waals surface area contributed by atoms with Crippen molar-refractivity contribution in [2.24, 2.45) is 10.9 Å². The molecule has 1 N–H and O–H groups in total. The van der Waals surface area contributed by atoms with Gasteiger partial charge in [-0.15, -0.1) is 0 Å². The molecule has 26 heavy (non-hydrogen) atoms. The van der Waals surface area contributed by atoms with E-state index in [1.54, 1.807) is 7.11 Å². The second kappa shape index (κ2) is 8.74. The Morgan fingerprint density at radius 3 is 2.81 bits per heavy atom. The number of methoxy groups -OCH3 is 1. The van der Waals surface area contributed by atoms with E-state index in [-0.39, 0.29) is 0 Å². The number of likely N-dealkylation sites (tertiary alicyclic amines) is 1. The number of ether oxygens (including phenoxy) is 1. The first-order valence-corrected chi connectivity index (χ1v) is 9.27. The number of rotatable bonds is 5. The van der Waals surface area contributed by atoms with E-state index in [9.17, 15) is 0 Å². The maximum atomic E-state index is 5.21. The highest BCUT2D eigenvalue weighted by Crippen LogP contribution is 2.27. The number of imidazole rings is 1. The van der Waals surface area contributed by atoms with Gasteiger partial charge in [0.15, 0.2) is 5.96 Å². The van der Waals surface area contributed by atoms with Crippen molar-refractivity contribution in [3.8, 4) is 5.75 Å². The van der Waals surface area contributed by atoms with E-state index in [4.69, 9.17) is 4.74 Å². The van der Waals surface area contributed by atoms with Crippen LogP contribution in [0.3, 0.4) is 0 Å². The Balaban J connectivity index is 1.54. The number of hydrogen-bond acceptors (Lipinski definition) is 3. The van der Waals surface area contributed by atoms with Crippen molar-refractivity contribution in [2.45, 2.75) is 25.8 Å². The first kappa shape index (κ1) is 18.3. The van der Waals surface area contributed by atoms with Gasteiger partial charge in [-0.1, -0.05) is 19.1 Å². The highest BCUT2D eigenvalue weighted by Gasteiger charge is 2.28. The number of aromatic nitrogens is 2. The fourth-order valence-electron chi connectivity index (χ4n) is 3.54. The topological polar surface area (TPSA) is 54.7 Å². The van der Waals surface area contributed by atoms with E-state index < -0.39 is 0 Å². The van der Waals surface area contributed by atoms with Crippen molar-refractivity contribution in [2.75, 3.05) is 33.8 Å². The Morgan fingerprint density at radius 1 is 1.35 bits per heavy atom. The normalized spacial score (nSPS) is 20.9. The molecule has 2 aromatic rings. The molecule has 2 atom stereocenters. The Labute approximate surface area is 155 Å². The fourth-order valence-corrected chi connectivity index (χ4v) is 3.54. The van der Waals surface area contributed by atoms with Crippen LogP contribution in [0.15, 0.2) is 48.0 Å². The Bertz CT molecular complexity index is 696. The average Bonchev–Trinajstić information content (AvgIpc) is 3.21. The maximum absolute atomic E-state index is 5.21. The Hall–Kier alpha value is -2.50. The lowest BCUT2D eigenvalue weighted by molar-refractivity contribution is 0.189. The smallest absolute Gasteiger partial charge is 0.193 e. The molecule has 6 nitrogen and oxygen atoms in total. The third-order valence-corrected chi connectivity index (χ3v) is 5.19. The molecule has 0 bridgehead atoms. The van der Waals surface area contributed by atoms with E-state index in [1.165, 1.54) is 5.56 Å². The quantitative estimate of drug-likeness (QED) is 0.662. The molecule has 1 aliphatic heterocycles. The van der Waals surface area contributed by atoms with Crippen LogP contribution in [0.4, 0.5) is 0 Å². The van der Waals surface area contributed by atoms with Crippen LogP contribution in [0.5, 0.6) is 5.75 Å². The van der Waals surface area contributed by atoms with Gasteiger partial charge < -0.3 is 19.5 Å². The highest BCUT2D eigenvalue weighted by molar-refractivity contribution is 5.80. The van der Waals surface area contributed by atoms with E-state index in [0.717, 1.165) is 44.2 Å². The summed E-state index contributed by atoms with van der Waals surface area (Å²) in [6.07, 6.45) is 7.95. The summed E-state index contributed by atoms with van der Waals surface area (Å²) in [6.45, 7) is 5.18. The van der Waals surface area contributed by atoms with Crippen LogP contribution in [-0.4, -0.2) is 54.2 Å². The van der Waals surface area contributed by atoms with Crippen LogP contribution in [0.2, 0.25) is 0 Å². The molecule has 0 saturated carbocycles. The molecule has 1 aromatic carbocycles. The zero-order chi connectivity index (χ0) is 18.4. The second-order valence-electron chi connectivity index (χ2n) is 6.86. The largest absolute Gasteiger partial charge is 0.497 e. The second-order valence-corrected chi connectivity index (χ2v) is 6.86. The zero-order valence-electron chi connectivity index (χ0n) is 15.9. The molecule has 3 rings (SSSR count). The van der Waals surface area contributed by atoms with Crippen LogP contribution in [-0.2, 0) is 6.42 Å². The molecule has 0 radical (unpaired) electrons. The third kappa shape index (κ3) is 4.36. The number of hydrogen-bond donors (Lipinski definition) is 1. The number of guanidine groups is 1. The minimum absolute atomic E-state index is 0.436. The summed E-state index contributed by atoms with van der Waals surface area (Å²) in [7, 11) is 3.55. The van der Waals surface area contributed by atoms with E-state index in [1.807, 2.05) is 31.7 Å². The van der Waals surface area contributed by atoms with Gasteiger partial charge in [0.25, 0.3) is 0 Å². The van der Waals surface area contributed by atoms with Gasteiger partial charge in [-0.05, 0) is 36.5 Å². The molecule has 1 aromatic heterocycles. The molecule has 0 spiro atoms. The lowest BCUT2D eigenvalue weighted by atomic mass is 9.93. The number of benzene rings is 1. The van der Waals surface area contributed by atoms with Crippen molar-refractivity contribution in [1.82, 2.24) is 19.8 Å². The predicted octanol–water partition coefficient (Wildman–Crippen LogP) is 2.59. The molecule has 1 saturated heterocycles. The van der Waals surface area contributed by atoms with Crippen molar-refractivity contribution in [3.63, 3.8) is 0 Å². The number of piperidine rings is 1. The molecule has 0 amide bonds. The lowest BCUT2D eigenvalue weighted by Gasteiger charge is -2.39. The van der Waals surface area contributed by atoms with Crippen molar-refractivity contribution in [3.05, 3.63) is 48.5 Å². The molecule has 2 heterocycles. The van der Waals surface area contributed by atoms with Crippen molar-refractivity contribution >= 4 is 5.96 Å². The minimum Gasteiger partial charge on any atom is -0.497 e. The molecule has 1 fully saturated rings. The monoisotopic (exact) mass is 355 g/mol. The summed E-state index contributed by atoms with van der Waals surface area (Å²) >= 11 is 0. The molecule has 2 unspecified atom stereocenters. The van der Waals surface area contributed by atoms with Gasteiger partial charge in [-0.3, -0.25) is 4.99 Å². The van der Waals surface area contributed by atoms with Crippen LogP contribution in [0, 0.1) is 5.92 Å². The first-order chi connectivity index (χ1) is 12.7. The zero-order valence-corrected chi connectivity index (χ0v) is 15.9. The molecular weight excluding hydrogens is 326 g/mol. The van der Waals surface area contributed by atoms with Crippen LogP contribution in [0.25, 0.3) is 0 Å². The van der Waals surface area contributed by atoms with Gasteiger partial charge in [-0.2, -0.15) is 0 Å². The maximum Gasteiger partial charge on any atom is 0.193 e. The van der Waals surface area contributed by atoms with Gasteiger partial charge in [0, 0.05) is 39.1 Å². The van der Waals surface area contributed by atoms with Crippen LogP contribution >= 0.6 is 0 Å². The number of aliphatic imine (C=N–C) groups is 1. The molecule has 140 valence electrons. The first-order valence-electron chi connectivity index (χ1n) is 9.27. The SMILES string of the molecule is CN=C(NCCc1ccc(OC)cc1)N1CCC(C)C(n2ccnc2)C1. The van der Waals surface area contributed by atoms with E-state index >= 15 is 0 Å². The Kier molecular flexibility index (Phi) is 6.15. The van der Waals surface area contributed by atoms with Gasteiger partial charge >= 0.3 is 0 Å². The summed E-state index contributed by atoms with van der Waals surface area (Å²) in [5.74, 6) is 2.51. The number of nitrogens with one attached hydrogen (secondary N) is 1. The molecule has 0 aliphatic carbocycles. The summed E-state index contributed by atoms with van der Waals surface area (Å²) in [5.41, 5.74) is 1.29. The van der Waals surface area contributed by atoms with Crippen LogP contribution in [0.1, 0.15) is 24.9 Å². The third-order valence-electron chi connectivity index (χ3n) is 5.19. The van der Waals surface area contributed by atoms with Crippen LogP contribution < -0.4 is 10.1 Å². The van der Waals surface area contributed by atoms with Gasteiger partial charge in [0.1, 0.15) is 5.75 Å². The summed E-state index contributed by atoms with van der Waals surface area (Å²) in [5, 5.41) is 3.52. The van der Waals surface area contributed by atoms with E-state index in [2.05, 4.69) is 50.0 Å². The molecule has 1 aliphatic rings. The van der Waals surface area contributed by atoms with Crippen molar-refractivity contribution < 1.29 is 4.74 Å². The van der Waals surface area contributed by atoms with Gasteiger partial charge in [0.2, 0.25) is 0 Å². The standard InChI is InChI=1S/C20H29N5O/c1-16-9-12-24(14-19(16)25-13-11-22-15-25)20(21-2)23-10-8-17-4-6-18(26-3)7-5-17/h4-7,11,13,15-16,19H,8-10,12,14H2,1-3H3,(H,21,23). The molecular formula is C20H29N5O.